The lowest BCUT2D eigenvalue weighted by Gasteiger charge is -2.44. The Kier molecular flexibility index (Phi) is 4.44. The largest absolute Gasteiger partial charge is 0.350 e. The van der Waals surface area contributed by atoms with Gasteiger partial charge >= 0.3 is 0 Å². The van der Waals surface area contributed by atoms with Gasteiger partial charge in [0.05, 0.1) is 11.6 Å². The molecule has 2 heterocycles. The van der Waals surface area contributed by atoms with Crippen molar-refractivity contribution in [1.29, 1.82) is 5.26 Å². The number of carbonyl (C=O) groups excluding carboxylic acids is 1. The summed E-state index contributed by atoms with van der Waals surface area (Å²) in [7, 11) is 1.65. The number of benzene rings is 1. The molecule has 1 aromatic heterocycles. The van der Waals surface area contributed by atoms with E-state index < -0.39 is 5.82 Å². The monoisotopic (exact) mass is 389 g/mol. The fraction of sp³-hybridized carbons (Fsp3) is 0.250. The summed E-state index contributed by atoms with van der Waals surface area (Å²) < 4.78 is 14.5. The summed E-state index contributed by atoms with van der Waals surface area (Å²) in [6.45, 7) is 1.04. The molecular weight excluding hydrogens is 377 g/mol. The van der Waals surface area contributed by atoms with Crippen LogP contribution in [-0.2, 0) is 0 Å². The van der Waals surface area contributed by atoms with Crippen molar-refractivity contribution in [2.24, 2.45) is 0 Å². The van der Waals surface area contributed by atoms with E-state index in [9.17, 15) is 9.18 Å². The topological polar surface area (TPSA) is 73.1 Å². The number of nitriles is 1. The number of likely N-dealkylation sites (N-methyl/N-ethyl adjacent to an activating group) is 1. The first-order chi connectivity index (χ1) is 11.5. The number of hydrogen-bond acceptors (Lipinski definition) is 5. The van der Waals surface area contributed by atoms with Gasteiger partial charge in [-0.25, -0.2) is 14.4 Å². The lowest BCUT2D eigenvalue weighted by atomic mass is 10.1. The summed E-state index contributed by atoms with van der Waals surface area (Å²) in [6.07, 6.45) is 2.99. The van der Waals surface area contributed by atoms with E-state index in [1.54, 1.807) is 13.1 Å². The Labute approximate surface area is 146 Å². The van der Waals surface area contributed by atoms with Gasteiger partial charge in [-0.15, -0.1) is 0 Å². The SMILES string of the molecule is CN(C(=O)c1ccc(Br)cc1F)C1CN(c2nccnc2C#N)C1. The summed E-state index contributed by atoms with van der Waals surface area (Å²) in [6, 6.07) is 6.29. The third-order valence-corrected chi connectivity index (χ3v) is 4.47. The molecule has 0 atom stereocenters. The molecule has 8 heteroatoms. The molecule has 0 radical (unpaired) electrons. The van der Waals surface area contributed by atoms with Gasteiger partial charge in [-0.1, -0.05) is 15.9 Å². The second kappa shape index (κ2) is 6.53. The number of amides is 1. The van der Waals surface area contributed by atoms with Crippen LogP contribution in [0.15, 0.2) is 35.1 Å². The minimum absolute atomic E-state index is 0.0383. The number of carbonyl (C=O) groups is 1. The van der Waals surface area contributed by atoms with Crippen LogP contribution in [0.25, 0.3) is 0 Å². The normalized spacial score (nSPS) is 14.0. The lowest BCUT2D eigenvalue weighted by Crippen LogP contribution is -2.60. The van der Waals surface area contributed by atoms with E-state index in [1.165, 1.54) is 29.4 Å². The van der Waals surface area contributed by atoms with Crippen LogP contribution in [0.5, 0.6) is 0 Å². The maximum absolute atomic E-state index is 13.9. The summed E-state index contributed by atoms with van der Waals surface area (Å²) in [5, 5.41) is 9.06. The summed E-state index contributed by atoms with van der Waals surface area (Å²) in [5.74, 6) is -0.422. The van der Waals surface area contributed by atoms with Gasteiger partial charge in [0.15, 0.2) is 11.5 Å². The van der Waals surface area contributed by atoms with E-state index >= 15 is 0 Å². The molecule has 1 amide bonds. The van der Waals surface area contributed by atoms with Crippen molar-refractivity contribution in [2.45, 2.75) is 6.04 Å². The van der Waals surface area contributed by atoms with E-state index in [-0.39, 0.29) is 23.2 Å². The summed E-state index contributed by atoms with van der Waals surface area (Å²) >= 11 is 3.17. The van der Waals surface area contributed by atoms with Gasteiger partial charge in [-0.2, -0.15) is 5.26 Å². The molecule has 122 valence electrons. The van der Waals surface area contributed by atoms with E-state index in [0.29, 0.717) is 23.4 Å². The third-order valence-electron chi connectivity index (χ3n) is 3.98. The molecule has 0 unspecified atom stereocenters. The molecule has 1 saturated heterocycles. The number of nitrogens with zero attached hydrogens (tertiary/aromatic N) is 5. The second-order valence-electron chi connectivity index (χ2n) is 5.44. The molecular formula is C16H13BrFN5O. The number of halogens is 2. The minimum atomic E-state index is -0.557. The first-order valence-electron chi connectivity index (χ1n) is 7.19. The number of rotatable bonds is 3. The van der Waals surface area contributed by atoms with Crippen molar-refractivity contribution in [3.63, 3.8) is 0 Å². The highest BCUT2D eigenvalue weighted by Gasteiger charge is 2.35. The molecule has 1 aliphatic rings. The zero-order valence-corrected chi connectivity index (χ0v) is 14.4. The third kappa shape index (κ3) is 2.95. The van der Waals surface area contributed by atoms with E-state index in [2.05, 4.69) is 25.9 Å². The quantitative estimate of drug-likeness (QED) is 0.804. The van der Waals surface area contributed by atoms with Gasteiger partial charge in [-0.05, 0) is 18.2 Å². The molecule has 0 bridgehead atoms. The molecule has 0 N–H and O–H groups in total. The Hall–Kier alpha value is -2.53. The Morgan fingerprint density at radius 3 is 2.79 bits per heavy atom. The van der Waals surface area contributed by atoms with Crippen LogP contribution in [0.2, 0.25) is 0 Å². The number of hydrogen-bond donors (Lipinski definition) is 0. The molecule has 1 aromatic carbocycles. The minimum Gasteiger partial charge on any atom is -0.350 e. The predicted molar refractivity (Wildman–Crippen MR) is 88.9 cm³/mol. The fourth-order valence-corrected chi connectivity index (χ4v) is 2.87. The Balaban J connectivity index is 1.69. The predicted octanol–water partition coefficient (Wildman–Crippen LogP) is 2.21. The smallest absolute Gasteiger partial charge is 0.256 e. The first kappa shape index (κ1) is 16.3. The van der Waals surface area contributed by atoms with Crippen LogP contribution in [0.3, 0.4) is 0 Å². The molecule has 1 aliphatic heterocycles. The molecule has 0 spiro atoms. The Morgan fingerprint density at radius 1 is 1.42 bits per heavy atom. The van der Waals surface area contributed by atoms with E-state index in [0.717, 1.165) is 0 Å². The molecule has 2 aromatic rings. The number of anilines is 1. The van der Waals surface area contributed by atoms with Crippen molar-refractivity contribution in [3.8, 4) is 6.07 Å². The maximum Gasteiger partial charge on any atom is 0.256 e. The van der Waals surface area contributed by atoms with Crippen molar-refractivity contribution in [1.82, 2.24) is 14.9 Å². The average molecular weight is 390 g/mol. The molecule has 3 rings (SSSR count). The van der Waals surface area contributed by atoms with E-state index in [4.69, 9.17) is 5.26 Å². The Bertz CT molecular complexity index is 831. The van der Waals surface area contributed by atoms with Gasteiger partial charge in [0.25, 0.3) is 5.91 Å². The maximum atomic E-state index is 13.9. The highest BCUT2D eigenvalue weighted by atomic mass is 79.9. The zero-order valence-electron chi connectivity index (χ0n) is 12.8. The van der Waals surface area contributed by atoms with Gasteiger partial charge in [-0.3, -0.25) is 4.79 Å². The standard InChI is InChI=1S/C16H13BrFN5O/c1-22(16(24)12-3-2-10(17)6-13(12)18)11-8-23(9-11)15-14(7-19)20-4-5-21-15/h2-6,11H,8-9H2,1H3. The summed E-state index contributed by atoms with van der Waals surface area (Å²) in [5.41, 5.74) is 0.292. The van der Waals surface area contributed by atoms with Crippen LogP contribution in [0.4, 0.5) is 10.2 Å². The van der Waals surface area contributed by atoms with Crippen molar-refractivity contribution < 1.29 is 9.18 Å². The van der Waals surface area contributed by atoms with Crippen LogP contribution in [0, 0.1) is 17.1 Å². The van der Waals surface area contributed by atoms with Crippen molar-refractivity contribution >= 4 is 27.7 Å². The van der Waals surface area contributed by atoms with Crippen molar-refractivity contribution in [2.75, 3.05) is 25.0 Å². The average Bonchev–Trinajstić information content (AvgIpc) is 2.53. The van der Waals surface area contributed by atoms with Gasteiger partial charge in [0.1, 0.15) is 11.9 Å². The van der Waals surface area contributed by atoms with Crippen LogP contribution in [-0.4, -0.2) is 47.0 Å². The van der Waals surface area contributed by atoms with Crippen LogP contribution >= 0.6 is 15.9 Å². The Morgan fingerprint density at radius 2 is 2.12 bits per heavy atom. The van der Waals surface area contributed by atoms with Crippen molar-refractivity contribution in [3.05, 3.63) is 52.1 Å². The zero-order chi connectivity index (χ0) is 17.3. The lowest BCUT2D eigenvalue weighted by molar-refractivity contribution is 0.0700. The first-order valence-corrected chi connectivity index (χ1v) is 7.99. The molecule has 6 nitrogen and oxygen atoms in total. The highest BCUT2D eigenvalue weighted by Crippen LogP contribution is 2.25. The molecule has 0 aliphatic carbocycles. The van der Waals surface area contributed by atoms with Gasteiger partial charge in [0.2, 0.25) is 0 Å². The van der Waals surface area contributed by atoms with Gasteiger partial charge in [0, 0.05) is 37.0 Å². The molecule has 0 saturated carbocycles. The van der Waals surface area contributed by atoms with E-state index in [1.807, 2.05) is 11.0 Å². The fourth-order valence-electron chi connectivity index (χ4n) is 2.53. The van der Waals surface area contributed by atoms with Gasteiger partial charge < -0.3 is 9.80 Å². The highest BCUT2D eigenvalue weighted by molar-refractivity contribution is 9.10. The van der Waals surface area contributed by atoms with Crippen LogP contribution in [0.1, 0.15) is 16.1 Å². The molecule has 24 heavy (non-hydrogen) atoms. The summed E-state index contributed by atoms with van der Waals surface area (Å²) in [4.78, 5) is 24.0. The molecule has 1 fully saturated rings. The second-order valence-corrected chi connectivity index (χ2v) is 6.36. The number of aromatic nitrogens is 2. The van der Waals surface area contributed by atoms with Crippen LogP contribution < -0.4 is 4.90 Å².